The van der Waals surface area contributed by atoms with Gasteiger partial charge in [-0.05, 0) is 6.42 Å². The minimum atomic E-state index is -2.70. The molecule has 3 rings (SSSR count). The number of nitrogens with zero attached hydrogens (tertiary/aromatic N) is 1. The largest absolute Gasteiger partial charge is 0.314 e. The highest BCUT2D eigenvalue weighted by atomic mass is 32.2. The van der Waals surface area contributed by atoms with Crippen molar-refractivity contribution < 1.29 is 8.42 Å². The minimum absolute atomic E-state index is 0.0434. The smallest absolute Gasteiger partial charge is 0.156 e. The highest BCUT2D eigenvalue weighted by Gasteiger charge is 2.50. The van der Waals surface area contributed by atoms with Crippen molar-refractivity contribution in [3.05, 3.63) is 0 Å². The Morgan fingerprint density at radius 2 is 2.00 bits per heavy atom. The molecule has 4 nitrogen and oxygen atoms in total. The topological polar surface area (TPSA) is 49.4 Å². The molecular weight excluding hydrogens is 188 g/mol. The molecule has 3 aliphatic heterocycles. The summed E-state index contributed by atoms with van der Waals surface area (Å²) in [4.78, 5) is 2.39. The van der Waals surface area contributed by atoms with Crippen LogP contribution >= 0.6 is 0 Å². The van der Waals surface area contributed by atoms with Gasteiger partial charge in [-0.3, -0.25) is 4.90 Å². The van der Waals surface area contributed by atoms with Gasteiger partial charge in [0.1, 0.15) is 0 Å². The molecule has 2 atom stereocenters. The standard InChI is InChI=1S/C8H14N2O2S/c11-13(12)5-6-1-8(13)4-10(6)7-2-9-3-7/h6-9H,1-5H2. The van der Waals surface area contributed by atoms with Crippen LogP contribution in [0.3, 0.4) is 0 Å². The molecule has 3 aliphatic rings. The molecule has 0 aliphatic carbocycles. The van der Waals surface area contributed by atoms with E-state index in [-0.39, 0.29) is 5.25 Å². The van der Waals surface area contributed by atoms with Crippen molar-refractivity contribution in [3.8, 4) is 0 Å². The molecule has 13 heavy (non-hydrogen) atoms. The normalized spacial score (nSPS) is 43.7. The van der Waals surface area contributed by atoms with Gasteiger partial charge in [0.2, 0.25) is 0 Å². The number of fused-ring (bicyclic) bond motifs is 2. The molecule has 3 heterocycles. The lowest BCUT2D eigenvalue weighted by molar-refractivity contribution is 0.138. The van der Waals surface area contributed by atoms with Crippen LogP contribution in [0.15, 0.2) is 0 Å². The van der Waals surface area contributed by atoms with Crippen molar-refractivity contribution in [1.82, 2.24) is 10.2 Å². The average molecular weight is 202 g/mol. The van der Waals surface area contributed by atoms with Crippen molar-refractivity contribution in [2.45, 2.75) is 23.8 Å². The molecule has 0 aromatic heterocycles. The number of nitrogens with one attached hydrogen (secondary N) is 1. The number of likely N-dealkylation sites (tertiary alicyclic amines) is 1. The fourth-order valence-corrected chi connectivity index (χ4v) is 4.73. The van der Waals surface area contributed by atoms with Gasteiger partial charge in [-0.1, -0.05) is 0 Å². The van der Waals surface area contributed by atoms with E-state index in [9.17, 15) is 8.42 Å². The molecule has 3 saturated heterocycles. The molecule has 0 aromatic rings. The Morgan fingerprint density at radius 1 is 1.23 bits per heavy atom. The van der Waals surface area contributed by atoms with Crippen molar-refractivity contribution in [2.75, 3.05) is 25.4 Å². The van der Waals surface area contributed by atoms with Crippen LogP contribution in [0.25, 0.3) is 0 Å². The first-order valence-corrected chi connectivity index (χ1v) is 6.56. The lowest BCUT2D eigenvalue weighted by atomic mass is 10.1. The summed E-state index contributed by atoms with van der Waals surface area (Å²) in [5.41, 5.74) is 0. The average Bonchev–Trinajstić information content (AvgIpc) is 2.38. The molecular formula is C8H14N2O2S. The van der Waals surface area contributed by atoms with Crippen LogP contribution in [0.2, 0.25) is 0 Å². The zero-order chi connectivity index (χ0) is 9.05. The number of hydrogen-bond donors (Lipinski definition) is 1. The van der Waals surface area contributed by atoms with E-state index in [0.717, 1.165) is 26.1 Å². The van der Waals surface area contributed by atoms with E-state index < -0.39 is 9.84 Å². The Bertz CT molecular complexity index is 323. The number of hydrogen-bond acceptors (Lipinski definition) is 4. The zero-order valence-electron chi connectivity index (χ0n) is 7.44. The quantitative estimate of drug-likeness (QED) is 0.582. The third-order valence-corrected chi connectivity index (χ3v) is 5.79. The van der Waals surface area contributed by atoms with Crippen LogP contribution in [0.4, 0.5) is 0 Å². The summed E-state index contributed by atoms with van der Waals surface area (Å²) in [5, 5.41) is 3.18. The maximum absolute atomic E-state index is 11.5. The Kier molecular flexibility index (Phi) is 1.55. The number of sulfone groups is 1. The van der Waals surface area contributed by atoms with E-state index in [2.05, 4.69) is 10.2 Å². The summed E-state index contributed by atoms with van der Waals surface area (Å²) >= 11 is 0. The van der Waals surface area contributed by atoms with Crippen LogP contribution in [0, 0.1) is 0 Å². The maximum atomic E-state index is 11.5. The first-order valence-electron chi connectivity index (χ1n) is 4.85. The lowest BCUT2D eigenvalue weighted by Gasteiger charge is -2.40. The van der Waals surface area contributed by atoms with Gasteiger partial charge < -0.3 is 5.32 Å². The van der Waals surface area contributed by atoms with Gasteiger partial charge in [-0.25, -0.2) is 8.42 Å². The summed E-state index contributed by atoms with van der Waals surface area (Å²) in [6.07, 6.45) is 0.888. The summed E-state index contributed by atoms with van der Waals surface area (Å²) in [6, 6.07) is 0.951. The molecule has 0 saturated carbocycles. The third-order valence-electron chi connectivity index (χ3n) is 3.58. The highest BCUT2D eigenvalue weighted by molar-refractivity contribution is 7.92. The molecule has 1 N–H and O–H groups in total. The molecule has 5 heteroatoms. The van der Waals surface area contributed by atoms with Gasteiger partial charge in [0.25, 0.3) is 0 Å². The molecule has 0 aromatic carbocycles. The van der Waals surface area contributed by atoms with Gasteiger partial charge in [0.15, 0.2) is 9.84 Å². The Labute approximate surface area is 78.2 Å². The van der Waals surface area contributed by atoms with Crippen LogP contribution in [-0.4, -0.2) is 56.0 Å². The monoisotopic (exact) mass is 202 g/mol. The van der Waals surface area contributed by atoms with Crippen LogP contribution in [0.5, 0.6) is 0 Å². The summed E-state index contributed by atoms with van der Waals surface area (Å²) < 4.78 is 22.9. The van der Waals surface area contributed by atoms with Crippen molar-refractivity contribution in [3.63, 3.8) is 0 Å². The summed E-state index contributed by atoms with van der Waals surface area (Å²) in [6.45, 7) is 2.88. The first-order chi connectivity index (χ1) is 6.17. The van der Waals surface area contributed by atoms with E-state index in [0.29, 0.717) is 17.8 Å². The van der Waals surface area contributed by atoms with E-state index in [1.165, 1.54) is 0 Å². The SMILES string of the molecule is O=S1(=O)CC2CC1CN2C1CNC1. The van der Waals surface area contributed by atoms with Gasteiger partial charge in [0.05, 0.1) is 11.0 Å². The molecule has 0 spiro atoms. The van der Waals surface area contributed by atoms with E-state index in [1.54, 1.807) is 0 Å². The second kappa shape index (κ2) is 2.46. The first kappa shape index (κ1) is 8.20. The van der Waals surface area contributed by atoms with Gasteiger partial charge >= 0.3 is 0 Å². The summed E-state index contributed by atoms with van der Waals surface area (Å²) in [5.74, 6) is 0.411. The maximum Gasteiger partial charge on any atom is 0.156 e. The van der Waals surface area contributed by atoms with Gasteiger partial charge in [-0.15, -0.1) is 0 Å². The Hall–Kier alpha value is -0.130. The van der Waals surface area contributed by atoms with Crippen LogP contribution in [-0.2, 0) is 9.84 Å². The van der Waals surface area contributed by atoms with E-state index >= 15 is 0 Å². The molecule has 74 valence electrons. The molecule has 0 radical (unpaired) electrons. The molecule has 2 bridgehead atoms. The number of rotatable bonds is 1. The fraction of sp³-hybridized carbons (Fsp3) is 1.00. The fourth-order valence-electron chi connectivity index (χ4n) is 2.68. The Balaban J connectivity index is 1.79. The predicted molar refractivity (Wildman–Crippen MR) is 49.3 cm³/mol. The predicted octanol–water partition coefficient (Wildman–Crippen LogP) is -1.17. The molecule has 3 fully saturated rings. The van der Waals surface area contributed by atoms with Crippen molar-refractivity contribution in [2.24, 2.45) is 0 Å². The van der Waals surface area contributed by atoms with Crippen molar-refractivity contribution in [1.29, 1.82) is 0 Å². The highest BCUT2D eigenvalue weighted by Crippen LogP contribution is 2.34. The third kappa shape index (κ3) is 1.07. The van der Waals surface area contributed by atoms with Crippen molar-refractivity contribution >= 4 is 9.84 Å². The second-order valence-electron chi connectivity index (χ2n) is 4.35. The summed E-state index contributed by atoms with van der Waals surface area (Å²) in [7, 11) is -2.70. The molecule has 2 unspecified atom stereocenters. The second-order valence-corrected chi connectivity index (χ2v) is 6.68. The lowest BCUT2D eigenvalue weighted by Crippen LogP contribution is -2.60. The Morgan fingerprint density at radius 3 is 2.38 bits per heavy atom. The minimum Gasteiger partial charge on any atom is -0.314 e. The molecule has 0 amide bonds. The van der Waals surface area contributed by atoms with E-state index in [1.807, 2.05) is 0 Å². The zero-order valence-corrected chi connectivity index (χ0v) is 8.26. The van der Waals surface area contributed by atoms with Crippen LogP contribution in [0.1, 0.15) is 6.42 Å². The van der Waals surface area contributed by atoms with Crippen LogP contribution < -0.4 is 5.32 Å². The van der Waals surface area contributed by atoms with Gasteiger partial charge in [0, 0.05) is 31.7 Å². The van der Waals surface area contributed by atoms with Gasteiger partial charge in [-0.2, -0.15) is 0 Å². The van der Waals surface area contributed by atoms with E-state index in [4.69, 9.17) is 0 Å².